The highest BCUT2D eigenvalue weighted by atomic mass is 31.3. The Morgan fingerprint density at radius 1 is 1.37 bits per heavy atom. The largest absolute Gasteiger partial charge is 0.778 e. The molecule has 0 aromatic carbocycles. The molecule has 1 fully saturated rings. The second kappa shape index (κ2) is 8.45. The molecule has 1 aliphatic heterocycles. The van der Waals surface area contributed by atoms with E-state index in [0.717, 1.165) is 4.57 Å². The Kier molecular flexibility index (Phi) is 6.92. The number of aliphatic hydroxyl groups excluding tert-OH is 2. The van der Waals surface area contributed by atoms with Crippen molar-refractivity contribution in [2.75, 3.05) is 25.0 Å². The fourth-order valence-corrected chi connectivity index (χ4v) is 4.74. The number of phosphoric ester groups is 1. The average Bonchev–Trinajstić information content (AvgIpc) is 2.80. The van der Waals surface area contributed by atoms with Crippen molar-refractivity contribution in [2.24, 2.45) is 0 Å². The van der Waals surface area contributed by atoms with Crippen LogP contribution in [0.15, 0.2) is 17.1 Å². The zero-order chi connectivity index (χ0) is 20.4. The summed E-state index contributed by atoms with van der Waals surface area (Å²) in [7, 11) is -9.98. The summed E-state index contributed by atoms with van der Waals surface area (Å²) in [6.07, 6.45) is -5.50. The van der Waals surface area contributed by atoms with E-state index in [-0.39, 0.29) is 12.4 Å². The first-order valence-electron chi connectivity index (χ1n) is 7.58. The average molecular weight is 429 g/mol. The van der Waals surface area contributed by atoms with Crippen LogP contribution in [0.1, 0.15) is 6.23 Å². The number of nitrogens with zero attached hydrogens (tertiary/aromatic N) is 2. The molecule has 154 valence electrons. The third kappa shape index (κ3) is 5.65. The van der Waals surface area contributed by atoms with Gasteiger partial charge in [0.05, 0.1) is 19.3 Å². The van der Waals surface area contributed by atoms with Gasteiger partial charge < -0.3 is 45.3 Å². The summed E-state index contributed by atoms with van der Waals surface area (Å²) in [5.41, 5.74) is 7.76. The number of quaternary nitrogens is 1. The van der Waals surface area contributed by atoms with Crippen LogP contribution in [-0.2, 0) is 22.7 Å². The lowest BCUT2D eigenvalue weighted by Crippen LogP contribution is -2.52. The van der Waals surface area contributed by atoms with Crippen molar-refractivity contribution in [1.29, 1.82) is 0 Å². The Morgan fingerprint density at radius 3 is 2.63 bits per heavy atom. The first-order chi connectivity index (χ1) is 12.5. The summed E-state index contributed by atoms with van der Waals surface area (Å²) in [6, 6.07) is 1.25. The number of ether oxygens (including phenoxy) is 1. The summed E-state index contributed by atoms with van der Waals surface area (Å²) < 4.78 is 37.5. The highest BCUT2D eigenvalue weighted by Crippen LogP contribution is 2.54. The molecule has 2 unspecified atom stereocenters. The fourth-order valence-electron chi connectivity index (χ4n) is 2.29. The van der Waals surface area contributed by atoms with Crippen molar-refractivity contribution >= 4 is 21.2 Å². The predicted octanol–water partition coefficient (Wildman–Crippen LogP) is -4.26. The van der Waals surface area contributed by atoms with Crippen molar-refractivity contribution in [2.45, 2.75) is 24.5 Å². The molecule has 16 heteroatoms. The number of nitrogen functional groups attached to an aromatic ring is 1. The highest BCUT2D eigenvalue weighted by Gasteiger charge is 2.44. The molecule has 0 aliphatic carbocycles. The second-order valence-corrected chi connectivity index (χ2v) is 9.08. The molecule has 0 amide bonds. The number of aromatic nitrogens is 2. The van der Waals surface area contributed by atoms with Crippen LogP contribution in [0.25, 0.3) is 0 Å². The van der Waals surface area contributed by atoms with Crippen LogP contribution in [0.5, 0.6) is 0 Å². The van der Waals surface area contributed by atoms with Crippen LogP contribution in [0.4, 0.5) is 5.82 Å². The number of phosphoric acid groups is 1. The van der Waals surface area contributed by atoms with Crippen LogP contribution in [-0.4, -0.2) is 57.4 Å². The molecule has 1 aliphatic rings. The molecule has 2 heterocycles. The lowest BCUT2D eigenvalue weighted by atomic mass is 10.1. The summed E-state index contributed by atoms with van der Waals surface area (Å²) in [5.74, 6) is -0.0714. The summed E-state index contributed by atoms with van der Waals surface area (Å²) in [4.78, 5) is 38.3. The molecule has 1 saturated heterocycles. The number of hydrogen-bond donors (Lipinski definition) is 4. The number of anilines is 1. The SMILES string of the molecule is Nc1ccn([C@@H]2O[C@H](COP(=O)([O-])OP(=O)([O-])CC[NH3+])[C@@H](O)[C@H]2O)c(=O)n1. The van der Waals surface area contributed by atoms with Crippen molar-refractivity contribution in [3.05, 3.63) is 22.7 Å². The first-order valence-corrected chi connectivity index (χ1v) is 10.8. The molecule has 0 radical (unpaired) electrons. The Bertz CT molecular complexity index is 819. The Hall–Kier alpha value is -1.18. The molecule has 1 aromatic heterocycles. The summed E-state index contributed by atoms with van der Waals surface area (Å²) >= 11 is 0. The zero-order valence-corrected chi connectivity index (χ0v) is 15.6. The number of nitrogens with two attached hydrogens (primary N) is 1. The molecule has 7 N–H and O–H groups in total. The predicted molar refractivity (Wildman–Crippen MR) is 83.7 cm³/mol. The Labute approximate surface area is 152 Å². The maximum absolute atomic E-state index is 11.8. The normalized spacial score (nSPS) is 30.0. The van der Waals surface area contributed by atoms with E-state index in [1.165, 1.54) is 12.3 Å². The molecule has 6 atom stereocenters. The highest BCUT2D eigenvalue weighted by molar-refractivity contribution is 7.62. The molecule has 0 saturated carbocycles. The minimum absolute atomic E-state index is 0.0714. The summed E-state index contributed by atoms with van der Waals surface area (Å²) in [5, 5.41) is 20.0. The van der Waals surface area contributed by atoms with Gasteiger partial charge in [-0.05, 0) is 6.07 Å². The minimum Gasteiger partial charge on any atom is -0.778 e. The lowest BCUT2D eigenvalue weighted by Gasteiger charge is -2.31. The van der Waals surface area contributed by atoms with E-state index in [0.29, 0.717) is 0 Å². The van der Waals surface area contributed by atoms with Gasteiger partial charge in [-0.1, -0.05) is 0 Å². The first kappa shape index (κ1) is 22.1. The van der Waals surface area contributed by atoms with E-state index in [1.807, 2.05) is 0 Å². The molecule has 0 spiro atoms. The van der Waals surface area contributed by atoms with E-state index in [1.54, 1.807) is 0 Å². The van der Waals surface area contributed by atoms with E-state index >= 15 is 0 Å². The molecular formula is C11H19N4O10P2-. The van der Waals surface area contributed by atoms with Crippen molar-refractivity contribution in [3.8, 4) is 0 Å². The smallest absolute Gasteiger partial charge is 0.351 e. The Morgan fingerprint density at radius 2 is 2.04 bits per heavy atom. The van der Waals surface area contributed by atoms with Gasteiger partial charge in [-0.25, -0.2) is 4.79 Å². The number of hydrogen-bond acceptors (Lipinski definition) is 12. The molecule has 0 bridgehead atoms. The van der Waals surface area contributed by atoms with E-state index < -0.39 is 58.4 Å². The van der Waals surface area contributed by atoms with Gasteiger partial charge >= 0.3 is 5.69 Å². The van der Waals surface area contributed by atoms with Gasteiger partial charge in [0.2, 0.25) is 0 Å². The molecular weight excluding hydrogens is 410 g/mol. The summed E-state index contributed by atoms with van der Waals surface area (Å²) in [6.45, 7) is -0.972. The van der Waals surface area contributed by atoms with Crippen molar-refractivity contribution < 1.29 is 48.4 Å². The topological polar surface area (TPSA) is 237 Å². The third-order valence-corrected chi connectivity index (χ3v) is 6.64. The fraction of sp³-hybridized carbons (Fsp3) is 0.636. The molecule has 27 heavy (non-hydrogen) atoms. The van der Waals surface area contributed by atoms with Gasteiger partial charge in [0.1, 0.15) is 31.7 Å². The van der Waals surface area contributed by atoms with Gasteiger partial charge in [-0.15, -0.1) is 0 Å². The molecule has 2 rings (SSSR count). The maximum atomic E-state index is 11.8. The van der Waals surface area contributed by atoms with Crippen LogP contribution >= 0.6 is 15.4 Å². The van der Waals surface area contributed by atoms with Crippen LogP contribution in [0.2, 0.25) is 0 Å². The third-order valence-electron chi connectivity index (χ3n) is 3.52. The van der Waals surface area contributed by atoms with Crippen LogP contribution < -0.4 is 26.9 Å². The number of aliphatic hydroxyl groups is 2. The van der Waals surface area contributed by atoms with Gasteiger partial charge in [0.15, 0.2) is 6.23 Å². The maximum Gasteiger partial charge on any atom is 0.351 e. The Balaban J connectivity index is 2.04. The van der Waals surface area contributed by atoms with Gasteiger partial charge in [0.25, 0.3) is 7.82 Å². The van der Waals surface area contributed by atoms with E-state index in [2.05, 4.69) is 19.6 Å². The molecule has 1 aromatic rings. The van der Waals surface area contributed by atoms with Crippen LogP contribution in [0.3, 0.4) is 0 Å². The van der Waals surface area contributed by atoms with E-state index in [4.69, 9.17) is 10.5 Å². The van der Waals surface area contributed by atoms with E-state index in [9.17, 15) is 33.9 Å². The number of rotatable bonds is 8. The minimum atomic E-state index is -5.27. The van der Waals surface area contributed by atoms with Crippen LogP contribution in [0, 0.1) is 0 Å². The van der Waals surface area contributed by atoms with Gasteiger partial charge in [-0.3, -0.25) is 13.4 Å². The van der Waals surface area contributed by atoms with Gasteiger partial charge in [-0.2, -0.15) is 4.98 Å². The van der Waals surface area contributed by atoms with Crippen molar-refractivity contribution in [1.82, 2.24) is 9.55 Å². The lowest BCUT2D eigenvalue weighted by molar-refractivity contribution is -0.362. The second-order valence-electron chi connectivity index (χ2n) is 5.60. The monoisotopic (exact) mass is 429 g/mol. The molecule has 14 nitrogen and oxygen atoms in total. The van der Waals surface area contributed by atoms with Crippen molar-refractivity contribution in [3.63, 3.8) is 0 Å². The van der Waals surface area contributed by atoms with Gasteiger partial charge in [0, 0.05) is 6.20 Å². The quantitative estimate of drug-likeness (QED) is 0.287. The standard InChI is InChI=1S/C11H20N4O10P2/c12-2-4-26(19,20)25-27(21,22)23-5-6-8(16)9(17)10(24-6)15-3-1-7(13)14-11(15)18/h1,3,6,8-10,16-17H,2,4-5,12H2,(H,19,20)(H,21,22)(H2,13,14,18)/p-1/t6-,8-,9-,10-/m1/s1. The zero-order valence-electron chi connectivity index (χ0n) is 13.8.